The van der Waals surface area contributed by atoms with Crippen molar-refractivity contribution in [3.05, 3.63) is 78.0 Å². The molecule has 25 heavy (non-hydrogen) atoms. The van der Waals surface area contributed by atoms with Crippen molar-refractivity contribution in [2.45, 2.75) is 19.9 Å². The summed E-state index contributed by atoms with van der Waals surface area (Å²) in [5.74, 6) is -0.223. The predicted molar refractivity (Wildman–Crippen MR) is 98.7 cm³/mol. The van der Waals surface area contributed by atoms with E-state index in [0.29, 0.717) is 6.54 Å². The van der Waals surface area contributed by atoms with Gasteiger partial charge in [-0.05, 0) is 48.4 Å². The molecule has 126 valence electrons. The van der Waals surface area contributed by atoms with Crippen molar-refractivity contribution < 1.29 is 4.39 Å². The molecule has 0 amide bonds. The van der Waals surface area contributed by atoms with Crippen LogP contribution in [0.15, 0.2) is 60.9 Å². The quantitative estimate of drug-likeness (QED) is 0.547. The van der Waals surface area contributed by atoms with Gasteiger partial charge in [0.15, 0.2) is 0 Å². The summed E-state index contributed by atoms with van der Waals surface area (Å²) in [5.41, 5.74) is 5.22. The maximum atomic E-state index is 13.4. The Balaban J connectivity index is 1.60. The molecule has 0 unspecified atom stereocenters. The number of nitrogens with one attached hydrogen (secondary N) is 2. The molecule has 0 saturated carbocycles. The Kier molecular flexibility index (Phi) is 3.98. The van der Waals surface area contributed by atoms with Crippen molar-refractivity contribution >= 4 is 22.3 Å². The van der Waals surface area contributed by atoms with E-state index in [1.807, 2.05) is 41.3 Å². The van der Waals surface area contributed by atoms with Gasteiger partial charge >= 0.3 is 0 Å². The first-order valence-corrected chi connectivity index (χ1v) is 8.36. The highest BCUT2D eigenvalue weighted by Crippen LogP contribution is 2.24. The number of fused-ring (bicyclic) bond motifs is 1. The Morgan fingerprint density at radius 3 is 2.92 bits per heavy atom. The van der Waals surface area contributed by atoms with Crippen LogP contribution in [0.2, 0.25) is 0 Å². The minimum Gasteiger partial charge on any atom is -0.363 e. The average Bonchev–Trinajstić information content (AvgIpc) is 3.22. The highest BCUT2D eigenvalue weighted by molar-refractivity contribution is 5.83. The molecule has 4 aromatic rings. The second-order valence-corrected chi connectivity index (χ2v) is 6.05. The molecule has 0 aliphatic rings. The first kappa shape index (κ1) is 15.4. The molecule has 2 heterocycles. The highest BCUT2D eigenvalue weighted by Gasteiger charge is 2.07. The molecule has 0 fully saturated rings. The number of nitrogens with zero attached hydrogens (tertiary/aromatic N) is 2. The number of H-pyrrole nitrogens is 1. The van der Waals surface area contributed by atoms with Crippen molar-refractivity contribution in [1.29, 1.82) is 0 Å². The normalized spacial score (nSPS) is 11.1. The largest absolute Gasteiger partial charge is 0.363 e. The zero-order chi connectivity index (χ0) is 17.2. The molecule has 4 nitrogen and oxygen atoms in total. The van der Waals surface area contributed by atoms with E-state index in [4.69, 9.17) is 0 Å². The minimum absolute atomic E-state index is 0.223. The van der Waals surface area contributed by atoms with Crippen LogP contribution >= 0.6 is 0 Å². The summed E-state index contributed by atoms with van der Waals surface area (Å²) in [5, 5.41) is 8.95. The van der Waals surface area contributed by atoms with E-state index in [0.717, 1.165) is 34.3 Å². The SMILES string of the molecule is CCc1[nH]ccc1Nc1ccc2c(cnn2Cc2cccc(F)c2)c1. The van der Waals surface area contributed by atoms with Crippen LogP contribution in [-0.4, -0.2) is 14.8 Å². The van der Waals surface area contributed by atoms with Crippen molar-refractivity contribution in [2.75, 3.05) is 5.32 Å². The monoisotopic (exact) mass is 334 g/mol. The van der Waals surface area contributed by atoms with Crippen molar-refractivity contribution in [3.8, 4) is 0 Å². The van der Waals surface area contributed by atoms with Gasteiger partial charge < -0.3 is 10.3 Å². The number of halogens is 1. The van der Waals surface area contributed by atoms with Crippen LogP contribution in [0.3, 0.4) is 0 Å². The molecule has 0 aliphatic heterocycles. The third-order valence-electron chi connectivity index (χ3n) is 4.33. The first-order valence-electron chi connectivity index (χ1n) is 8.36. The van der Waals surface area contributed by atoms with Gasteiger partial charge in [-0.3, -0.25) is 4.68 Å². The molecule has 0 saturated heterocycles. The Labute approximate surface area is 145 Å². The lowest BCUT2D eigenvalue weighted by atomic mass is 10.2. The molecule has 0 atom stereocenters. The highest BCUT2D eigenvalue weighted by atomic mass is 19.1. The van der Waals surface area contributed by atoms with Crippen LogP contribution < -0.4 is 5.32 Å². The minimum atomic E-state index is -0.223. The molecule has 4 rings (SSSR count). The van der Waals surface area contributed by atoms with E-state index in [9.17, 15) is 4.39 Å². The molecule has 2 aromatic heterocycles. The Morgan fingerprint density at radius 1 is 1.16 bits per heavy atom. The topological polar surface area (TPSA) is 45.6 Å². The van der Waals surface area contributed by atoms with Crippen LogP contribution in [0.1, 0.15) is 18.2 Å². The summed E-state index contributed by atoms with van der Waals surface area (Å²) in [6, 6.07) is 14.8. The second-order valence-electron chi connectivity index (χ2n) is 6.05. The van der Waals surface area contributed by atoms with Gasteiger partial charge in [-0.15, -0.1) is 0 Å². The lowest BCUT2D eigenvalue weighted by Crippen LogP contribution is -2.01. The number of hydrogen-bond donors (Lipinski definition) is 2. The van der Waals surface area contributed by atoms with E-state index < -0.39 is 0 Å². The molecule has 0 radical (unpaired) electrons. The number of aryl methyl sites for hydroxylation is 1. The maximum absolute atomic E-state index is 13.4. The second kappa shape index (κ2) is 6.43. The van der Waals surface area contributed by atoms with Gasteiger partial charge in [-0.2, -0.15) is 5.10 Å². The fourth-order valence-electron chi connectivity index (χ4n) is 3.07. The van der Waals surface area contributed by atoms with Crippen molar-refractivity contribution in [2.24, 2.45) is 0 Å². The summed E-state index contributed by atoms with van der Waals surface area (Å²) in [6.07, 6.45) is 4.73. The molecule has 2 N–H and O–H groups in total. The lowest BCUT2D eigenvalue weighted by molar-refractivity contribution is 0.621. The summed E-state index contributed by atoms with van der Waals surface area (Å²) in [7, 11) is 0. The number of benzene rings is 2. The van der Waals surface area contributed by atoms with Gasteiger partial charge in [0, 0.05) is 23.0 Å². The molecule has 2 aromatic carbocycles. The predicted octanol–water partition coefficient (Wildman–Crippen LogP) is 4.86. The Bertz CT molecular complexity index is 1020. The number of rotatable bonds is 5. The third kappa shape index (κ3) is 3.13. The summed E-state index contributed by atoms with van der Waals surface area (Å²) >= 11 is 0. The number of anilines is 2. The van der Waals surface area contributed by atoms with E-state index in [2.05, 4.69) is 28.4 Å². The van der Waals surface area contributed by atoms with Gasteiger partial charge in [0.1, 0.15) is 5.82 Å². The molecule has 0 bridgehead atoms. The van der Waals surface area contributed by atoms with E-state index in [1.54, 1.807) is 12.1 Å². The van der Waals surface area contributed by atoms with Crippen LogP contribution in [-0.2, 0) is 13.0 Å². The van der Waals surface area contributed by atoms with Crippen molar-refractivity contribution in [1.82, 2.24) is 14.8 Å². The van der Waals surface area contributed by atoms with Crippen LogP contribution in [0.4, 0.5) is 15.8 Å². The summed E-state index contributed by atoms with van der Waals surface area (Å²) in [6.45, 7) is 2.67. The molecule has 5 heteroatoms. The molecular weight excluding hydrogens is 315 g/mol. The zero-order valence-corrected chi connectivity index (χ0v) is 14.0. The number of hydrogen-bond acceptors (Lipinski definition) is 2. The van der Waals surface area contributed by atoms with Gasteiger partial charge in [0.25, 0.3) is 0 Å². The van der Waals surface area contributed by atoms with Gasteiger partial charge in [-0.1, -0.05) is 19.1 Å². The molecule has 0 aliphatic carbocycles. The van der Waals surface area contributed by atoms with E-state index in [-0.39, 0.29) is 5.82 Å². The number of aromatic amines is 1. The Morgan fingerprint density at radius 2 is 2.08 bits per heavy atom. The van der Waals surface area contributed by atoms with E-state index >= 15 is 0 Å². The van der Waals surface area contributed by atoms with Gasteiger partial charge in [0.2, 0.25) is 0 Å². The van der Waals surface area contributed by atoms with Gasteiger partial charge in [-0.25, -0.2) is 4.39 Å². The standard InChI is InChI=1S/C20H19FN4/c1-2-18-19(8-9-22-18)24-17-6-7-20-15(11-17)12-23-25(20)13-14-4-3-5-16(21)10-14/h3-12,22,24H,2,13H2,1H3. The lowest BCUT2D eigenvalue weighted by Gasteiger charge is -2.08. The molecular formula is C20H19FN4. The van der Waals surface area contributed by atoms with Crippen LogP contribution in [0.5, 0.6) is 0 Å². The fourth-order valence-corrected chi connectivity index (χ4v) is 3.07. The summed E-state index contributed by atoms with van der Waals surface area (Å²) in [4.78, 5) is 3.24. The van der Waals surface area contributed by atoms with Crippen LogP contribution in [0, 0.1) is 5.82 Å². The van der Waals surface area contributed by atoms with E-state index in [1.165, 1.54) is 11.8 Å². The third-order valence-corrected chi connectivity index (χ3v) is 4.33. The summed E-state index contributed by atoms with van der Waals surface area (Å²) < 4.78 is 15.3. The Hall–Kier alpha value is -3.08. The number of aromatic nitrogens is 3. The first-order chi connectivity index (χ1) is 12.2. The van der Waals surface area contributed by atoms with Crippen LogP contribution in [0.25, 0.3) is 10.9 Å². The maximum Gasteiger partial charge on any atom is 0.123 e. The molecule has 0 spiro atoms. The fraction of sp³-hybridized carbons (Fsp3) is 0.150. The average molecular weight is 334 g/mol. The smallest absolute Gasteiger partial charge is 0.123 e. The van der Waals surface area contributed by atoms with Crippen molar-refractivity contribution in [3.63, 3.8) is 0 Å². The van der Waals surface area contributed by atoms with Gasteiger partial charge in [0.05, 0.1) is 23.9 Å². The zero-order valence-electron chi connectivity index (χ0n) is 14.0.